The second-order valence-electron chi connectivity index (χ2n) is 11.9. The van der Waals surface area contributed by atoms with Gasteiger partial charge in [0.25, 0.3) is 5.56 Å². The van der Waals surface area contributed by atoms with Gasteiger partial charge in [0, 0.05) is 37.0 Å². The van der Waals surface area contributed by atoms with Crippen LogP contribution in [-0.4, -0.2) is 44.2 Å². The van der Waals surface area contributed by atoms with Gasteiger partial charge in [-0.25, -0.2) is 4.98 Å². The number of primary amides is 1. The summed E-state index contributed by atoms with van der Waals surface area (Å²) in [7, 11) is 0. The van der Waals surface area contributed by atoms with Crippen molar-refractivity contribution in [2.24, 2.45) is 17.6 Å². The molecule has 2 aliphatic carbocycles. The molecule has 2 aliphatic heterocycles. The molecule has 2 aromatic rings. The van der Waals surface area contributed by atoms with E-state index in [1.54, 1.807) is 0 Å². The molecule has 1 aromatic heterocycles. The maximum absolute atomic E-state index is 13.8. The second-order valence-corrected chi connectivity index (χ2v) is 11.9. The first-order valence-electron chi connectivity index (χ1n) is 14.1. The maximum atomic E-state index is 13.8. The Bertz CT molecular complexity index is 1200. The van der Waals surface area contributed by atoms with Crippen LogP contribution in [0.15, 0.2) is 29.1 Å². The minimum absolute atomic E-state index is 0.0543. The summed E-state index contributed by atoms with van der Waals surface area (Å²) in [6, 6.07) is 9.70. The summed E-state index contributed by atoms with van der Waals surface area (Å²) < 4.78 is 1.95. The molecule has 5 atom stereocenters. The lowest BCUT2D eigenvalue weighted by Crippen LogP contribution is -2.58. The lowest BCUT2D eigenvalue weighted by molar-refractivity contribution is -0.117. The summed E-state index contributed by atoms with van der Waals surface area (Å²) in [6.07, 6.45) is 14.3. The van der Waals surface area contributed by atoms with E-state index in [0.29, 0.717) is 18.1 Å². The van der Waals surface area contributed by atoms with Crippen LogP contribution in [0.2, 0.25) is 0 Å². The fourth-order valence-electron chi connectivity index (χ4n) is 8.22. The zero-order chi connectivity index (χ0) is 24.8. The van der Waals surface area contributed by atoms with Crippen molar-refractivity contribution in [3.63, 3.8) is 0 Å². The molecule has 2 saturated heterocycles. The average molecular weight is 490 g/mol. The highest BCUT2D eigenvalue weighted by Gasteiger charge is 2.45. The predicted molar refractivity (Wildman–Crippen MR) is 141 cm³/mol. The first-order valence-corrected chi connectivity index (χ1v) is 14.1. The van der Waals surface area contributed by atoms with Gasteiger partial charge in [0.15, 0.2) is 0 Å². The number of benzene rings is 1. The van der Waals surface area contributed by atoms with Crippen molar-refractivity contribution in [2.45, 2.75) is 108 Å². The molecule has 0 spiro atoms. The molecule has 3 heterocycles. The number of para-hydroxylation sites is 2. The van der Waals surface area contributed by atoms with Gasteiger partial charge in [0.1, 0.15) is 5.69 Å². The Morgan fingerprint density at radius 2 is 1.56 bits per heavy atom. The molecule has 6 rings (SSSR count). The van der Waals surface area contributed by atoms with Crippen molar-refractivity contribution in [1.82, 2.24) is 14.5 Å². The molecule has 4 bridgehead atoms. The van der Waals surface area contributed by atoms with Crippen molar-refractivity contribution in [2.75, 3.05) is 0 Å². The highest BCUT2D eigenvalue weighted by Crippen LogP contribution is 2.47. The Balaban J connectivity index is 1.32. The van der Waals surface area contributed by atoms with Gasteiger partial charge in [-0.15, -0.1) is 0 Å². The summed E-state index contributed by atoms with van der Waals surface area (Å²) in [5.74, 6) is 1.37. The normalized spacial score (nSPS) is 32.3. The molecule has 1 aromatic carbocycles. The molecule has 36 heavy (non-hydrogen) atoms. The first-order chi connectivity index (χ1) is 17.5. The molecule has 2 saturated carbocycles. The number of nitrogens with one attached hydrogen (secondary N) is 1. The third-order valence-electron chi connectivity index (χ3n) is 9.60. The molecule has 192 valence electrons. The predicted octanol–water partition coefficient (Wildman–Crippen LogP) is 4.56. The fraction of sp³-hybridized carbons (Fsp3) is 0.655. The van der Waals surface area contributed by atoms with E-state index in [4.69, 9.17) is 11.1 Å². The standard InChI is InChI=1S/C29H39N5O2/c30-24(11-12-27(31)35)28-29(36)34(26-10-2-1-9-25(26)32-28)23-16-20-7-4-8-21(17-23)33(20)22-14-18-5-3-6-19(13-18)15-22/h1-2,9-10,18-23,30H,3-8,11-17H2,(H2,31,35)/t18?,19?,20-,21+,22?,23+. The van der Waals surface area contributed by atoms with Gasteiger partial charge in [-0.1, -0.05) is 37.8 Å². The SMILES string of the molecule is N=C(CCC(N)=O)c1nc2ccccc2n([C@H]2C[C@H]3CCC[C@@H](C2)N3C2CC3CCCC(C3)C2)c1=O. The zero-order valence-electron chi connectivity index (χ0n) is 21.2. The monoisotopic (exact) mass is 489 g/mol. The van der Waals surface area contributed by atoms with Gasteiger partial charge in [-0.3, -0.25) is 14.5 Å². The Labute approximate surface area is 213 Å². The van der Waals surface area contributed by atoms with Gasteiger partial charge < -0.3 is 15.7 Å². The number of amides is 1. The van der Waals surface area contributed by atoms with E-state index in [9.17, 15) is 9.59 Å². The molecular weight excluding hydrogens is 450 g/mol. The molecule has 4 aliphatic rings. The number of fused-ring (bicyclic) bond motifs is 5. The van der Waals surface area contributed by atoms with Crippen LogP contribution in [-0.2, 0) is 4.79 Å². The van der Waals surface area contributed by atoms with Crippen molar-refractivity contribution >= 4 is 22.7 Å². The van der Waals surface area contributed by atoms with Crippen LogP contribution >= 0.6 is 0 Å². The number of hydrogen-bond donors (Lipinski definition) is 2. The van der Waals surface area contributed by atoms with Crippen LogP contribution in [0.5, 0.6) is 0 Å². The van der Waals surface area contributed by atoms with Gasteiger partial charge >= 0.3 is 0 Å². The number of aromatic nitrogens is 2. The van der Waals surface area contributed by atoms with Crippen molar-refractivity contribution in [3.8, 4) is 0 Å². The number of carbonyl (C=O) groups excluding carboxylic acids is 1. The molecule has 0 radical (unpaired) electrons. The lowest BCUT2D eigenvalue weighted by atomic mass is 9.68. The van der Waals surface area contributed by atoms with Crippen LogP contribution in [0.4, 0.5) is 0 Å². The number of rotatable bonds is 6. The molecule has 1 amide bonds. The molecular formula is C29H39N5O2. The second kappa shape index (κ2) is 9.73. The first kappa shape index (κ1) is 23.8. The highest BCUT2D eigenvalue weighted by atomic mass is 16.1. The number of carbonyl (C=O) groups is 1. The Morgan fingerprint density at radius 3 is 2.25 bits per heavy atom. The number of hydrogen-bond acceptors (Lipinski definition) is 5. The van der Waals surface area contributed by atoms with Crippen molar-refractivity contribution < 1.29 is 4.79 Å². The van der Waals surface area contributed by atoms with Crippen LogP contribution < -0.4 is 11.3 Å². The minimum Gasteiger partial charge on any atom is -0.370 e. The minimum atomic E-state index is -0.465. The molecule has 4 fully saturated rings. The topological polar surface area (TPSA) is 105 Å². The Morgan fingerprint density at radius 1 is 0.889 bits per heavy atom. The molecule has 7 nitrogen and oxygen atoms in total. The van der Waals surface area contributed by atoms with Gasteiger partial charge in [0.05, 0.1) is 16.7 Å². The maximum Gasteiger partial charge on any atom is 0.279 e. The Kier molecular flexibility index (Phi) is 6.44. The fourth-order valence-corrected chi connectivity index (χ4v) is 8.22. The number of nitrogens with zero attached hydrogens (tertiary/aromatic N) is 3. The largest absolute Gasteiger partial charge is 0.370 e. The van der Waals surface area contributed by atoms with Crippen LogP contribution in [0, 0.1) is 17.2 Å². The molecule has 2 unspecified atom stereocenters. The van der Waals surface area contributed by atoms with Crippen molar-refractivity contribution in [1.29, 1.82) is 5.41 Å². The van der Waals surface area contributed by atoms with Crippen LogP contribution in [0.3, 0.4) is 0 Å². The summed E-state index contributed by atoms with van der Waals surface area (Å²) in [5, 5.41) is 8.51. The van der Waals surface area contributed by atoms with E-state index in [-0.39, 0.29) is 35.8 Å². The molecule has 7 heteroatoms. The van der Waals surface area contributed by atoms with Gasteiger partial charge in [-0.2, -0.15) is 0 Å². The van der Waals surface area contributed by atoms with E-state index in [1.807, 2.05) is 28.8 Å². The van der Waals surface area contributed by atoms with E-state index in [2.05, 4.69) is 9.88 Å². The highest BCUT2D eigenvalue weighted by molar-refractivity contribution is 5.99. The smallest absolute Gasteiger partial charge is 0.279 e. The van der Waals surface area contributed by atoms with E-state index < -0.39 is 5.91 Å². The zero-order valence-corrected chi connectivity index (χ0v) is 21.2. The summed E-state index contributed by atoms with van der Waals surface area (Å²) >= 11 is 0. The lowest BCUT2D eigenvalue weighted by Gasteiger charge is -2.55. The number of piperidine rings is 2. The average Bonchev–Trinajstić information content (AvgIpc) is 2.86. The van der Waals surface area contributed by atoms with Crippen molar-refractivity contribution in [3.05, 3.63) is 40.3 Å². The van der Waals surface area contributed by atoms with Crippen LogP contribution in [0.25, 0.3) is 11.0 Å². The van der Waals surface area contributed by atoms with E-state index in [0.717, 1.165) is 35.7 Å². The van der Waals surface area contributed by atoms with E-state index in [1.165, 1.54) is 57.8 Å². The summed E-state index contributed by atoms with van der Waals surface area (Å²) in [5.41, 5.74) is 6.99. The van der Waals surface area contributed by atoms with Gasteiger partial charge in [0.2, 0.25) is 5.91 Å². The van der Waals surface area contributed by atoms with E-state index >= 15 is 0 Å². The summed E-state index contributed by atoms with van der Waals surface area (Å²) in [6.45, 7) is 0. The number of nitrogens with two attached hydrogens (primary N) is 1. The quantitative estimate of drug-likeness (QED) is 0.581. The third kappa shape index (κ3) is 4.40. The Hall–Kier alpha value is -2.54. The summed E-state index contributed by atoms with van der Waals surface area (Å²) in [4.78, 5) is 32.6. The third-order valence-corrected chi connectivity index (χ3v) is 9.60. The molecule has 3 N–H and O–H groups in total. The van der Waals surface area contributed by atoms with Gasteiger partial charge in [-0.05, 0) is 68.9 Å². The van der Waals surface area contributed by atoms with Crippen LogP contribution in [0.1, 0.15) is 95.2 Å².